The number of amides is 1. The van der Waals surface area contributed by atoms with Crippen LogP contribution in [0.1, 0.15) is 23.6 Å². The third-order valence-corrected chi connectivity index (χ3v) is 4.41. The molecule has 2 unspecified atom stereocenters. The first-order valence-electron chi connectivity index (χ1n) is 8.52. The minimum absolute atomic E-state index is 0.0845. The molecule has 142 valence electrons. The van der Waals surface area contributed by atoms with E-state index in [2.05, 4.69) is 5.32 Å². The van der Waals surface area contributed by atoms with E-state index < -0.39 is 28.6 Å². The number of non-ortho nitro benzene ring substituents is 1. The van der Waals surface area contributed by atoms with E-state index in [0.717, 1.165) is 16.7 Å². The predicted molar refractivity (Wildman–Crippen MR) is 102 cm³/mol. The molecule has 2 aromatic rings. The van der Waals surface area contributed by atoms with Gasteiger partial charge in [0.15, 0.2) is 0 Å². The second-order valence-corrected chi connectivity index (χ2v) is 6.73. The zero-order valence-electron chi connectivity index (χ0n) is 15.4. The van der Waals surface area contributed by atoms with Gasteiger partial charge in [-0.25, -0.2) is 0 Å². The molecule has 0 radical (unpaired) electrons. The van der Waals surface area contributed by atoms with Crippen LogP contribution in [0.25, 0.3) is 0 Å². The number of benzene rings is 2. The maximum atomic E-state index is 12.7. The molecule has 2 rings (SSSR count). The number of aliphatic carboxylic acids is 1. The van der Waals surface area contributed by atoms with Gasteiger partial charge in [-0.2, -0.15) is 0 Å². The van der Waals surface area contributed by atoms with Crippen molar-refractivity contribution in [2.45, 2.75) is 27.2 Å². The van der Waals surface area contributed by atoms with Gasteiger partial charge in [0.1, 0.15) is 0 Å². The Morgan fingerprint density at radius 1 is 1.11 bits per heavy atom. The smallest absolute Gasteiger partial charge is 0.307 e. The summed E-state index contributed by atoms with van der Waals surface area (Å²) in [6.07, 6.45) is 0.287. The van der Waals surface area contributed by atoms with Gasteiger partial charge in [0, 0.05) is 17.8 Å². The molecule has 0 fully saturated rings. The number of rotatable bonds is 7. The lowest BCUT2D eigenvalue weighted by Gasteiger charge is -2.21. The Morgan fingerprint density at radius 2 is 1.67 bits per heavy atom. The number of hydrogen-bond donors (Lipinski definition) is 2. The quantitative estimate of drug-likeness (QED) is 0.570. The maximum absolute atomic E-state index is 12.7. The molecule has 2 aromatic carbocycles. The highest BCUT2D eigenvalue weighted by Crippen LogP contribution is 2.23. The van der Waals surface area contributed by atoms with Crippen molar-refractivity contribution in [3.8, 4) is 0 Å². The van der Waals surface area contributed by atoms with Gasteiger partial charge in [-0.15, -0.1) is 0 Å². The van der Waals surface area contributed by atoms with Gasteiger partial charge in [-0.1, -0.05) is 36.2 Å². The SMILES string of the molecule is Cc1cc(C)cc(CC(C(=O)Nc2ccc([N+](=O)[O-])cc2)C(C)C(=O)O)c1. The van der Waals surface area contributed by atoms with E-state index in [0.29, 0.717) is 5.69 Å². The summed E-state index contributed by atoms with van der Waals surface area (Å²) in [7, 11) is 0. The van der Waals surface area contributed by atoms with Crippen LogP contribution in [0.2, 0.25) is 0 Å². The largest absolute Gasteiger partial charge is 0.481 e. The molecule has 27 heavy (non-hydrogen) atoms. The van der Waals surface area contributed by atoms with Crippen molar-refractivity contribution in [3.05, 3.63) is 69.3 Å². The summed E-state index contributed by atoms with van der Waals surface area (Å²) in [5, 5.41) is 22.8. The van der Waals surface area contributed by atoms with Crippen LogP contribution in [0.15, 0.2) is 42.5 Å². The van der Waals surface area contributed by atoms with Crippen LogP contribution in [0.4, 0.5) is 11.4 Å². The summed E-state index contributed by atoms with van der Waals surface area (Å²) in [6.45, 7) is 5.40. The number of carboxylic acids is 1. The molecule has 0 aliphatic carbocycles. The van der Waals surface area contributed by atoms with Crippen molar-refractivity contribution in [2.24, 2.45) is 11.8 Å². The second-order valence-electron chi connectivity index (χ2n) is 6.73. The first kappa shape index (κ1) is 20.1. The minimum atomic E-state index is -1.05. The van der Waals surface area contributed by atoms with E-state index >= 15 is 0 Å². The zero-order valence-corrected chi connectivity index (χ0v) is 15.4. The minimum Gasteiger partial charge on any atom is -0.481 e. The predicted octanol–water partition coefficient (Wildman–Crippen LogP) is 3.73. The van der Waals surface area contributed by atoms with Gasteiger partial charge < -0.3 is 10.4 Å². The van der Waals surface area contributed by atoms with Gasteiger partial charge in [0.05, 0.1) is 16.8 Å². The summed E-state index contributed by atoms with van der Waals surface area (Å²) in [4.78, 5) is 34.4. The van der Waals surface area contributed by atoms with Gasteiger partial charge in [-0.05, 0) is 38.0 Å². The molecular weight excluding hydrogens is 348 g/mol. The number of aryl methyl sites for hydroxylation is 2. The van der Waals surface area contributed by atoms with Crippen molar-refractivity contribution < 1.29 is 19.6 Å². The highest BCUT2D eigenvalue weighted by molar-refractivity contribution is 5.95. The van der Waals surface area contributed by atoms with Crippen LogP contribution in [0, 0.1) is 35.8 Å². The molecule has 0 bridgehead atoms. The summed E-state index contributed by atoms with van der Waals surface area (Å²) >= 11 is 0. The molecule has 1 amide bonds. The first-order chi connectivity index (χ1) is 12.7. The van der Waals surface area contributed by atoms with Crippen LogP contribution in [-0.2, 0) is 16.0 Å². The third kappa shape index (κ3) is 5.37. The van der Waals surface area contributed by atoms with Crippen LogP contribution in [0.3, 0.4) is 0 Å². The van der Waals surface area contributed by atoms with Gasteiger partial charge >= 0.3 is 5.97 Å². The van der Waals surface area contributed by atoms with E-state index in [4.69, 9.17) is 0 Å². The molecule has 2 N–H and O–H groups in total. The number of anilines is 1. The van der Waals surface area contributed by atoms with Crippen molar-refractivity contribution in [1.29, 1.82) is 0 Å². The average Bonchev–Trinajstić information content (AvgIpc) is 2.58. The Balaban J connectivity index is 2.23. The summed E-state index contributed by atoms with van der Waals surface area (Å²) in [5.74, 6) is -3.15. The van der Waals surface area contributed by atoms with E-state index in [-0.39, 0.29) is 12.1 Å². The molecule has 0 aliphatic heterocycles. The standard InChI is InChI=1S/C20H22N2O5/c1-12-8-13(2)10-15(9-12)11-18(14(3)20(24)25)19(23)21-16-4-6-17(7-5-16)22(26)27/h4-10,14,18H,11H2,1-3H3,(H,21,23)(H,24,25). The normalized spacial score (nSPS) is 12.9. The van der Waals surface area contributed by atoms with Crippen LogP contribution < -0.4 is 5.32 Å². The Hall–Kier alpha value is -3.22. The lowest BCUT2D eigenvalue weighted by atomic mass is 9.86. The highest BCUT2D eigenvalue weighted by atomic mass is 16.6. The molecule has 0 aliphatic rings. The van der Waals surface area contributed by atoms with Gasteiger partial charge in [0.25, 0.3) is 5.69 Å². The van der Waals surface area contributed by atoms with Crippen LogP contribution >= 0.6 is 0 Å². The fourth-order valence-corrected chi connectivity index (χ4v) is 3.01. The number of nitrogens with zero attached hydrogens (tertiary/aromatic N) is 1. The molecule has 0 heterocycles. The van der Waals surface area contributed by atoms with E-state index in [9.17, 15) is 24.8 Å². The number of carbonyl (C=O) groups excluding carboxylic acids is 1. The number of carboxylic acid groups (broad SMARTS) is 1. The molecule has 7 nitrogen and oxygen atoms in total. The van der Waals surface area contributed by atoms with Crippen molar-refractivity contribution in [2.75, 3.05) is 5.32 Å². The zero-order chi connectivity index (χ0) is 20.1. The summed E-state index contributed by atoms with van der Waals surface area (Å²) in [6, 6.07) is 11.3. The molecule has 0 spiro atoms. The lowest BCUT2D eigenvalue weighted by molar-refractivity contribution is -0.384. The topological polar surface area (TPSA) is 110 Å². The fraction of sp³-hybridized carbons (Fsp3) is 0.300. The highest BCUT2D eigenvalue weighted by Gasteiger charge is 2.30. The summed E-state index contributed by atoms with van der Waals surface area (Å²) < 4.78 is 0. The number of nitrogens with one attached hydrogen (secondary N) is 1. The molecule has 0 saturated carbocycles. The molecule has 2 atom stereocenters. The lowest BCUT2D eigenvalue weighted by Crippen LogP contribution is -2.33. The average molecular weight is 370 g/mol. The first-order valence-corrected chi connectivity index (χ1v) is 8.52. The van der Waals surface area contributed by atoms with Crippen molar-refractivity contribution >= 4 is 23.3 Å². The Labute approximate surface area is 157 Å². The third-order valence-electron chi connectivity index (χ3n) is 4.41. The molecule has 0 saturated heterocycles. The van der Waals surface area contributed by atoms with Crippen molar-refractivity contribution in [1.82, 2.24) is 0 Å². The Kier molecular flexibility index (Phi) is 6.28. The fourth-order valence-electron chi connectivity index (χ4n) is 3.01. The Morgan fingerprint density at radius 3 is 2.15 bits per heavy atom. The number of hydrogen-bond acceptors (Lipinski definition) is 4. The van der Waals surface area contributed by atoms with E-state index in [1.165, 1.54) is 31.2 Å². The number of carbonyl (C=O) groups is 2. The van der Waals surface area contributed by atoms with Crippen molar-refractivity contribution in [3.63, 3.8) is 0 Å². The van der Waals surface area contributed by atoms with E-state index in [1.807, 2.05) is 32.0 Å². The monoisotopic (exact) mass is 370 g/mol. The number of nitro benzene ring substituents is 1. The Bertz CT molecular complexity index is 841. The van der Waals surface area contributed by atoms with E-state index in [1.54, 1.807) is 0 Å². The van der Waals surface area contributed by atoms with Gasteiger partial charge in [0.2, 0.25) is 5.91 Å². The maximum Gasteiger partial charge on any atom is 0.307 e. The molecule has 0 aromatic heterocycles. The second kappa shape index (κ2) is 8.44. The van der Waals surface area contributed by atoms with Crippen LogP contribution in [0.5, 0.6) is 0 Å². The van der Waals surface area contributed by atoms with Gasteiger partial charge in [-0.3, -0.25) is 19.7 Å². The summed E-state index contributed by atoms with van der Waals surface area (Å²) in [5.41, 5.74) is 3.28. The molecular formula is C20H22N2O5. The molecule has 7 heteroatoms. The number of nitro groups is 1. The van der Waals surface area contributed by atoms with Crippen LogP contribution in [-0.4, -0.2) is 21.9 Å².